The lowest BCUT2D eigenvalue weighted by Gasteiger charge is -2.04. The first kappa shape index (κ1) is 12.5. The fraction of sp³-hybridized carbons (Fsp3) is 0.417. The number of carbonyl (C=O) groups excluding carboxylic acids is 1. The summed E-state index contributed by atoms with van der Waals surface area (Å²) in [7, 11) is 1.59. The molecule has 18 heavy (non-hydrogen) atoms. The van der Waals surface area contributed by atoms with Crippen LogP contribution in [0.15, 0.2) is 12.3 Å². The van der Waals surface area contributed by atoms with Crippen LogP contribution in [0, 0.1) is 13.8 Å². The highest BCUT2D eigenvalue weighted by molar-refractivity contribution is 5.99. The molecule has 0 bridgehead atoms. The number of hydrogen-bond acceptors (Lipinski definition) is 4. The SMILES string of the molecule is COCCNC(=O)c1cnn2c(C)cc(C)nc12. The van der Waals surface area contributed by atoms with Crippen LogP contribution >= 0.6 is 0 Å². The molecule has 0 saturated carbocycles. The molecule has 2 aromatic rings. The van der Waals surface area contributed by atoms with Crippen LogP contribution in [0.25, 0.3) is 5.65 Å². The minimum atomic E-state index is -0.181. The Morgan fingerprint density at radius 2 is 2.28 bits per heavy atom. The number of nitrogens with zero attached hydrogens (tertiary/aromatic N) is 3. The van der Waals surface area contributed by atoms with Gasteiger partial charge < -0.3 is 10.1 Å². The fourth-order valence-corrected chi connectivity index (χ4v) is 1.79. The van der Waals surface area contributed by atoms with Gasteiger partial charge in [-0.25, -0.2) is 9.50 Å². The average molecular weight is 248 g/mol. The Balaban J connectivity index is 2.31. The zero-order valence-corrected chi connectivity index (χ0v) is 10.7. The summed E-state index contributed by atoms with van der Waals surface area (Å²) in [5.41, 5.74) is 2.89. The van der Waals surface area contributed by atoms with Crippen molar-refractivity contribution in [3.8, 4) is 0 Å². The standard InChI is InChI=1S/C12H16N4O2/c1-8-6-9(2)16-11(15-8)10(7-14-16)12(17)13-4-5-18-3/h6-7H,4-5H2,1-3H3,(H,13,17). The quantitative estimate of drug-likeness (QED) is 0.810. The smallest absolute Gasteiger partial charge is 0.256 e. The largest absolute Gasteiger partial charge is 0.383 e. The normalized spacial score (nSPS) is 10.8. The van der Waals surface area contributed by atoms with E-state index in [1.165, 1.54) is 6.20 Å². The highest BCUT2D eigenvalue weighted by atomic mass is 16.5. The third-order valence-corrected chi connectivity index (χ3v) is 2.61. The minimum absolute atomic E-state index is 0.181. The summed E-state index contributed by atoms with van der Waals surface area (Å²) in [4.78, 5) is 16.3. The molecule has 0 radical (unpaired) electrons. The van der Waals surface area contributed by atoms with Gasteiger partial charge in [-0.3, -0.25) is 4.79 Å². The average Bonchev–Trinajstić information content (AvgIpc) is 2.73. The number of hydrogen-bond donors (Lipinski definition) is 1. The summed E-state index contributed by atoms with van der Waals surface area (Å²) in [5.74, 6) is -0.181. The molecule has 0 spiro atoms. The molecule has 2 heterocycles. The van der Waals surface area contributed by atoms with Gasteiger partial charge in [0.2, 0.25) is 0 Å². The third-order valence-electron chi connectivity index (χ3n) is 2.61. The molecule has 2 aromatic heterocycles. The summed E-state index contributed by atoms with van der Waals surface area (Å²) < 4.78 is 6.55. The van der Waals surface area contributed by atoms with Crippen LogP contribution in [0.1, 0.15) is 21.7 Å². The van der Waals surface area contributed by atoms with Crippen molar-refractivity contribution >= 4 is 11.6 Å². The predicted molar refractivity (Wildman–Crippen MR) is 66.7 cm³/mol. The highest BCUT2D eigenvalue weighted by Gasteiger charge is 2.14. The van der Waals surface area contributed by atoms with E-state index in [2.05, 4.69) is 15.4 Å². The Labute approximate surface area is 105 Å². The summed E-state index contributed by atoms with van der Waals surface area (Å²) >= 11 is 0. The number of nitrogens with one attached hydrogen (secondary N) is 1. The van der Waals surface area contributed by atoms with Gasteiger partial charge in [0, 0.05) is 25.0 Å². The lowest BCUT2D eigenvalue weighted by atomic mass is 10.3. The van der Waals surface area contributed by atoms with E-state index in [1.54, 1.807) is 11.6 Å². The molecule has 0 atom stereocenters. The zero-order valence-electron chi connectivity index (χ0n) is 10.7. The molecule has 1 amide bonds. The first-order valence-electron chi connectivity index (χ1n) is 5.72. The fourth-order valence-electron chi connectivity index (χ4n) is 1.79. The van der Waals surface area contributed by atoms with Crippen molar-refractivity contribution in [2.75, 3.05) is 20.3 Å². The molecule has 0 saturated heterocycles. The Bertz CT molecular complexity index is 577. The molecule has 0 aliphatic carbocycles. The number of fused-ring (bicyclic) bond motifs is 1. The van der Waals surface area contributed by atoms with Gasteiger partial charge in [-0.15, -0.1) is 0 Å². The number of methoxy groups -OCH3 is 1. The molecule has 0 aliphatic heterocycles. The van der Waals surface area contributed by atoms with Crippen LogP contribution in [0.4, 0.5) is 0 Å². The van der Waals surface area contributed by atoms with Gasteiger partial charge in [0.25, 0.3) is 5.91 Å². The summed E-state index contributed by atoms with van der Waals surface area (Å²) in [5, 5.41) is 6.93. The van der Waals surface area contributed by atoms with Crippen molar-refractivity contribution in [1.82, 2.24) is 19.9 Å². The van der Waals surface area contributed by atoms with Gasteiger partial charge in [-0.1, -0.05) is 0 Å². The maximum absolute atomic E-state index is 12.0. The van der Waals surface area contributed by atoms with Gasteiger partial charge in [0.05, 0.1) is 12.8 Å². The van der Waals surface area contributed by atoms with Gasteiger partial charge in [-0.05, 0) is 19.9 Å². The second-order valence-electron chi connectivity index (χ2n) is 4.08. The van der Waals surface area contributed by atoms with Gasteiger partial charge in [0.15, 0.2) is 5.65 Å². The van der Waals surface area contributed by atoms with Crippen LogP contribution in [-0.4, -0.2) is 40.8 Å². The van der Waals surface area contributed by atoms with Crippen LogP contribution in [0.5, 0.6) is 0 Å². The minimum Gasteiger partial charge on any atom is -0.383 e. The molecule has 0 fully saturated rings. The maximum atomic E-state index is 12.0. The van der Waals surface area contributed by atoms with Crippen LogP contribution < -0.4 is 5.32 Å². The van der Waals surface area contributed by atoms with Crippen molar-refractivity contribution in [3.05, 3.63) is 29.2 Å². The number of aryl methyl sites for hydroxylation is 2. The summed E-state index contributed by atoms with van der Waals surface area (Å²) in [6.45, 7) is 4.78. The van der Waals surface area contributed by atoms with Crippen molar-refractivity contribution < 1.29 is 9.53 Å². The first-order chi connectivity index (χ1) is 8.63. The number of rotatable bonds is 4. The van der Waals surface area contributed by atoms with Crippen molar-refractivity contribution in [3.63, 3.8) is 0 Å². The Morgan fingerprint density at radius 3 is 3.00 bits per heavy atom. The zero-order chi connectivity index (χ0) is 13.1. The van der Waals surface area contributed by atoms with Crippen molar-refractivity contribution in [1.29, 1.82) is 0 Å². The molecule has 0 aliphatic rings. The van der Waals surface area contributed by atoms with Gasteiger partial charge in [-0.2, -0.15) is 5.10 Å². The van der Waals surface area contributed by atoms with E-state index in [0.717, 1.165) is 11.4 Å². The molecule has 1 N–H and O–H groups in total. The summed E-state index contributed by atoms with van der Waals surface area (Å²) in [6.07, 6.45) is 1.54. The van der Waals surface area contributed by atoms with Crippen LogP contribution in [0.3, 0.4) is 0 Å². The molecule has 0 unspecified atom stereocenters. The van der Waals surface area contributed by atoms with E-state index in [9.17, 15) is 4.79 Å². The van der Waals surface area contributed by atoms with Crippen LogP contribution in [0.2, 0.25) is 0 Å². The highest BCUT2D eigenvalue weighted by Crippen LogP contribution is 2.11. The van der Waals surface area contributed by atoms with Crippen molar-refractivity contribution in [2.24, 2.45) is 0 Å². The van der Waals surface area contributed by atoms with E-state index in [1.807, 2.05) is 19.9 Å². The Kier molecular flexibility index (Phi) is 3.57. The van der Waals surface area contributed by atoms with Crippen molar-refractivity contribution in [2.45, 2.75) is 13.8 Å². The molecule has 96 valence electrons. The molecule has 2 rings (SSSR count). The van der Waals surface area contributed by atoms with Crippen LogP contribution in [-0.2, 0) is 4.74 Å². The number of aromatic nitrogens is 3. The second kappa shape index (κ2) is 5.14. The molecule has 6 heteroatoms. The maximum Gasteiger partial charge on any atom is 0.256 e. The first-order valence-corrected chi connectivity index (χ1v) is 5.72. The number of amides is 1. The summed E-state index contributed by atoms with van der Waals surface area (Å²) in [6, 6.07) is 1.92. The van der Waals surface area contributed by atoms with E-state index in [4.69, 9.17) is 4.74 Å². The molecular weight excluding hydrogens is 232 g/mol. The Hall–Kier alpha value is -1.95. The predicted octanol–water partition coefficient (Wildman–Crippen LogP) is 0.722. The Morgan fingerprint density at radius 1 is 1.50 bits per heavy atom. The second-order valence-corrected chi connectivity index (χ2v) is 4.08. The number of carbonyl (C=O) groups is 1. The topological polar surface area (TPSA) is 68.5 Å². The molecular formula is C12H16N4O2. The molecule has 6 nitrogen and oxygen atoms in total. The van der Waals surface area contributed by atoms with E-state index in [-0.39, 0.29) is 5.91 Å². The van der Waals surface area contributed by atoms with Gasteiger partial charge in [0.1, 0.15) is 5.56 Å². The number of ether oxygens (including phenoxy) is 1. The van der Waals surface area contributed by atoms with E-state index < -0.39 is 0 Å². The monoisotopic (exact) mass is 248 g/mol. The lowest BCUT2D eigenvalue weighted by Crippen LogP contribution is -2.27. The lowest BCUT2D eigenvalue weighted by molar-refractivity contribution is 0.0938. The van der Waals surface area contributed by atoms with E-state index in [0.29, 0.717) is 24.4 Å². The molecule has 0 aromatic carbocycles. The third kappa shape index (κ3) is 2.33. The van der Waals surface area contributed by atoms with E-state index >= 15 is 0 Å². The van der Waals surface area contributed by atoms with Gasteiger partial charge >= 0.3 is 0 Å².